The molecule has 2 heteroatoms. The maximum absolute atomic E-state index is 9.80. The van der Waals surface area contributed by atoms with Crippen LogP contribution in [0.5, 0.6) is 0 Å². The highest BCUT2D eigenvalue weighted by atomic mass is 16.3. The Bertz CT molecular complexity index is 159. The first-order valence-electron chi connectivity index (χ1n) is 8.06. The highest BCUT2D eigenvalue weighted by Crippen LogP contribution is 2.14. The van der Waals surface area contributed by atoms with Crippen molar-refractivity contribution in [1.82, 2.24) is 0 Å². The SMILES string of the molecule is CCCCCCCCCC(O)CC(O)CCCC. The van der Waals surface area contributed by atoms with Crippen LogP contribution in [0.25, 0.3) is 0 Å². The van der Waals surface area contributed by atoms with Crippen LogP contribution in [0.4, 0.5) is 0 Å². The average molecular weight is 258 g/mol. The molecular formula is C16H34O2. The Labute approximate surface area is 114 Å². The van der Waals surface area contributed by atoms with E-state index in [1.807, 2.05) is 0 Å². The summed E-state index contributed by atoms with van der Waals surface area (Å²) in [5, 5.41) is 19.5. The third kappa shape index (κ3) is 12.4. The predicted molar refractivity (Wildman–Crippen MR) is 78.8 cm³/mol. The molecule has 2 N–H and O–H groups in total. The maximum Gasteiger partial charge on any atom is 0.0564 e. The second kappa shape index (κ2) is 13.4. The van der Waals surface area contributed by atoms with E-state index in [1.165, 1.54) is 38.5 Å². The molecule has 0 aromatic rings. The van der Waals surface area contributed by atoms with Crippen molar-refractivity contribution in [2.75, 3.05) is 0 Å². The van der Waals surface area contributed by atoms with Crippen LogP contribution in [0.1, 0.15) is 90.9 Å². The molecule has 0 saturated heterocycles. The summed E-state index contributed by atoms with van der Waals surface area (Å²) in [5.74, 6) is 0. The molecule has 0 aromatic heterocycles. The quantitative estimate of drug-likeness (QED) is 0.480. The maximum atomic E-state index is 9.80. The van der Waals surface area contributed by atoms with Gasteiger partial charge in [-0.3, -0.25) is 0 Å². The second-order valence-electron chi connectivity index (χ2n) is 5.60. The number of aliphatic hydroxyl groups excluding tert-OH is 2. The summed E-state index contributed by atoms with van der Waals surface area (Å²) in [6, 6.07) is 0. The summed E-state index contributed by atoms with van der Waals surface area (Å²) in [6.07, 6.45) is 12.8. The minimum absolute atomic E-state index is 0.299. The Hall–Kier alpha value is -0.0800. The molecule has 0 radical (unpaired) electrons. The van der Waals surface area contributed by atoms with Crippen molar-refractivity contribution in [3.63, 3.8) is 0 Å². The van der Waals surface area contributed by atoms with E-state index in [4.69, 9.17) is 0 Å². The molecule has 0 fully saturated rings. The topological polar surface area (TPSA) is 40.5 Å². The highest BCUT2D eigenvalue weighted by molar-refractivity contribution is 4.64. The Kier molecular flexibility index (Phi) is 13.3. The molecule has 0 heterocycles. The zero-order chi connectivity index (χ0) is 13.6. The van der Waals surface area contributed by atoms with Gasteiger partial charge in [-0.2, -0.15) is 0 Å². The summed E-state index contributed by atoms with van der Waals surface area (Å²) in [5.41, 5.74) is 0. The lowest BCUT2D eigenvalue weighted by Crippen LogP contribution is -2.17. The van der Waals surface area contributed by atoms with E-state index in [0.717, 1.165) is 32.1 Å². The number of unbranched alkanes of at least 4 members (excludes halogenated alkanes) is 7. The first-order chi connectivity index (χ1) is 8.70. The summed E-state index contributed by atoms with van der Waals surface area (Å²) in [4.78, 5) is 0. The largest absolute Gasteiger partial charge is 0.393 e. The third-order valence-electron chi connectivity index (χ3n) is 3.58. The molecule has 0 aliphatic heterocycles. The molecule has 0 saturated carbocycles. The third-order valence-corrected chi connectivity index (χ3v) is 3.58. The molecule has 2 atom stereocenters. The van der Waals surface area contributed by atoms with E-state index >= 15 is 0 Å². The van der Waals surface area contributed by atoms with E-state index in [1.54, 1.807) is 0 Å². The van der Waals surface area contributed by atoms with Gasteiger partial charge in [0.05, 0.1) is 12.2 Å². The normalized spacial score (nSPS) is 14.7. The Morgan fingerprint density at radius 3 is 1.61 bits per heavy atom. The van der Waals surface area contributed by atoms with E-state index in [2.05, 4.69) is 13.8 Å². The molecule has 0 bridgehead atoms. The van der Waals surface area contributed by atoms with Crippen LogP contribution in [0.3, 0.4) is 0 Å². The van der Waals surface area contributed by atoms with Crippen LogP contribution < -0.4 is 0 Å². The standard InChI is InChI=1S/C16H34O2/c1-3-5-7-8-9-10-11-13-16(18)14-15(17)12-6-4-2/h15-18H,3-14H2,1-2H3. The second-order valence-corrected chi connectivity index (χ2v) is 5.60. The predicted octanol–water partition coefficient (Wildman–Crippen LogP) is 4.43. The van der Waals surface area contributed by atoms with E-state index in [9.17, 15) is 10.2 Å². The minimum Gasteiger partial charge on any atom is -0.393 e. The molecule has 0 aromatic carbocycles. The van der Waals surface area contributed by atoms with E-state index in [-0.39, 0.29) is 12.2 Å². The van der Waals surface area contributed by atoms with Crippen LogP contribution in [0, 0.1) is 0 Å². The summed E-state index contributed by atoms with van der Waals surface area (Å²) < 4.78 is 0. The molecule has 18 heavy (non-hydrogen) atoms. The van der Waals surface area contributed by atoms with E-state index in [0.29, 0.717) is 6.42 Å². The summed E-state index contributed by atoms with van der Waals surface area (Å²) in [7, 11) is 0. The fraction of sp³-hybridized carbons (Fsp3) is 1.00. The van der Waals surface area contributed by atoms with Gasteiger partial charge in [-0.05, 0) is 19.3 Å². The zero-order valence-electron chi connectivity index (χ0n) is 12.5. The Morgan fingerprint density at radius 1 is 0.611 bits per heavy atom. The Morgan fingerprint density at radius 2 is 1.06 bits per heavy atom. The molecule has 0 spiro atoms. The molecular weight excluding hydrogens is 224 g/mol. The monoisotopic (exact) mass is 258 g/mol. The van der Waals surface area contributed by atoms with E-state index < -0.39 is 0 Å². The van der Waals surface area contributed by atoms with Gasteiger partial charge in [-0.1, -0.05) is 71.6 Å². The lowest BCUT2D eigenvalue weighted by molar-refractivity contribution is 0.0683. The number of hydrogen-bond donors (Lipinski definition) is 2. The van der Waals surface area contributed by atoms with Gasteiger partial charge in [0.2, 0.25) is 0 Å². The molecule has 110 valence electrons. The fourth-order valence-electron chi connectivity index (χ4n) is 2.33. The van der Waals surface area contributed by atoms with Crippen molar-refractivity contribution in [1.29, 1.82) is 0 Å². The number of hydrogen-bond acceptors (Lipinski definition) is 2. The zero-order valence-corrected chi connectivity index (χ0v) is 12.5. The van der Waals surface area contributed by atoms with Crippen LogP contribution >= 0.6 is 0 Å². The lowest BCUT2D eigenvalue weighted by Gasteiger charge is -2.15. The van der Waals surface area contributed by atoms with Gasteiger partial charge in [-0.15, -0.1) is 0 Å². The molecule has 0 amide bonds. The lowest BCUT2D eigenvalue weighted by atomic mass is 10.0. The van der Waals surface area contributed by atoms with Gasteiger partial charge >= 0.3 is 0 Å². The van der Waals surface area contributed by atoms with Gasteiger partial charge in [0.25, 0.3) is 0 Å². The summed E-state index contributed by atoms with van der Waals surface area (Å²) in [6.45, 7) is 4.36. The van der Waals surface area contributed by atoms with Gasteiger partial charge in [0.15, 0.2) is 0 Å². The van der Waals surface area contributed by atoms with Gasteiger partial charge in [0, 0.05) is 0 Å². The average Bonchev–Trinajstić information content (AvgIpc) is 2.35. The highest BCUT2D eigenvalue weighted by Gasteiger charge is 2.10. The van der Waals surface area contributed by atoms with Crippen molar-refractivity contribution >= 4 is 0 Å². The summed E-state index contributed by atoms with van der Waals surface area (Å²) >= 11 is 0. The Balaban J connectivity index is 3.28. The fourth-order valence-corrected chi connectivity index (χ4v) is 2.33. The van der Waals surface area contributed by atoms with Crippen LogP contribution in [-0.2, 0) is 0 Å². The molecule has 0 aliphatic carbocycles. The first-order valence-corrected chi connectivity index (χ1v) is 8.06. The van der Waals surface area contributed by atoms with Gasteiger partial charge in [-0.25, -0.2) is 0 Å². The van der Waals surface area contributed by atoms with Crippen molar-refractivity contribution in [3.05, 3.63) is 0 Å². The van der Waals surface area contributed by atoms with Crippen LogP contribution in [-0.4, -0.2) is 22.4 Å². The number of rotatable bonds is 13. The molecule has 2 nitrogen and oxygen atoms in total. The van der Waals surface area contributed by atoms with Gasteiger partial charge in [0.1, 0.15) is 0 Å². The first kappa shape index (κ1) is 17.9. The molecule has 0 rings (SSSR count). The number of aliphatic hydroxyl groups is 2. The van der Waals surface area contributed by atoms with Crippen LogP contribution in [0.15, 0.2) is 0 Å². The van der Waals surface area contributed by atoms with Crippen molar-refractivity contribution in [2.45, 2.75) is 103 Å². The smallest absolute Gasteiger partial charge is 0.0564 e. The van der Waals surface area contributed by atoms with Crippen molar-refractivity contribution in [3.8, 4) is 0 Å². The molecule has 0 aliphatic rings. The van der Waals surface area contributed by atoms with Gasteiger partial charge < -0.3 is 10.2 Å². The van der Waals surface area contributed by atoms with Crippen molar-refractivity contribution in [2.24, 2.45) is 0 Å². The van der Waals surface area contributed by atoms with Crippen LogP contribution in [0.2, 0.25) is 0 Å². The molecule has 2 unspecified atom stereocenters. The van der Waals surface area contributed by atoms with Crippen molar-refractivity contribution < 1.29 is 10.2 Å². The minimum atomic E-state index is -0.301.